The molecule has 0 amide bonds. The van der Waals surface area contributed by atoms with Crippen LogP contribution in [0.5, 0.6) is 5.75 Å². The van der Waals surface area contributed by atoms with E-state index in [9.17, 15) is 9.50 Å². The molecule has 2 aromatic carbocycles. The van der Waals surface area contributed by atoms with Gasteiger partial charge in [-0.25, -0.2) is 4.39 Å². The van der Waals surface area contributed by atoms with Crippen LogP contribution in [0.15, 0.2) is 48.5 Å². The first kappa shape index (κ1) is 17.5. The van der Waals surface area contributed by atoms with E-state index >= 15 is 0 Å². The number of rotatable bonds is 5. The summed E-state index contributed by atoms with van der Waals surface area (Å²) in [6.07, 6.45) is 1.42. The number of hydrogen-bond donors (Lipinski definition) is 3. The Morgan fingerprint density at radius 1 is 1.12 bits per heavy atom. The van der Waals surface area contributed by atoms with Gasteiger partial charge in [0.05, 0.1) is 12.1 Å². The van der Waals surface area contributed by atoms with Crippen molar-refractivity contribution in [1.82, 2.24) is 10.6 Å². The summed E-state index contributed by atoms with van der Waals surface area (Å²) in [6.45, 7) is 2.74. The number of fused-ring (bicyclic) bond motifs is 2. The molecule has 4 nitrogen and oxygen atoms in total. The van der Waals surface area contributed by atoms with Crippen LogP contribution in [0.25, 0.3) is 0 Å². The van der Waals surface area contributed by atoms with Gasteiger partial charge >= 0.3 is 0 Å². The molecule has 1 aliphatic carbocycles. The van der Waals surface area contributed by atoms with Crippen LogP contribution in [0.1, 0.15) is 30.0 Å². The number of nitrogens with one attached hydrogen (secondary N) is 2. The topological polar surface area (TPSA) is 53.5 Å². The van der Waals surface area contributed by atoms with Gasteiger partial charge in [0.15, 0.2) is 11.6 Å². The molecular formula is C21H25FN2O2. The Bertz CT molecular complexity index is 761. The van der Waals surface area contributed by atoms with Crippen molar-refractivity contribution in [3.05, 3.63) is 65.5 Å². The molecule has 2 aromatic rings. The first-order valence-corrected chi connectivity index (χ1v) is 9.31. The lowest BCUT2D eigenvalue weighted by molar-refractivity contribution is 0.0434. The largest absolute Gasteiger partial charge is 0.489 e. The monoisotopic (exact) mass is 356 g/mol. The van der Waals surface area contributed by atoms with Gasteiger partial charge in [-0.15, -0.1) is 0 Å². The minimum atomic E-state index is -0.463. The highest BCUT2D eigenvalue weighted by atomic mass is 19.1. The second kappa shape index (κ2) is 7.35. The number of benzene rings is 2. The van der Waals surface area contributed by atoms with Crippen molar-refractivity contribution < 1.29 is 14.2 Å². The lowest BCUT2D eigenvalue weighted by Crippen LogP contribution is -2.48. The summed E-state index contributed by atoms with van der Waals surface area (Å²) < 4.78 is 19.2. The first-order chi connectivity index (χ1) is 12.7. The summed E-state index contributed by atoms with van der Waals surface area (Å²) in [5, 5.41) is 18.0. The fourth-order valence-corrected chi connectivity index (χ4v) is 4.47. The van der Waals surface area contributed by atoms with Crippen molar-refractivity contribution in [1.29, 1.82) is 0 Å². The third kappa shape index (κ3) is 3.00. The second-order valence-electron chi connectivity index (χ2n) is 7.15. The summed E-state index contributed by atoms with van der Waals surface area (Å²) in [6, 6.07) is 14.6. The highest BCUT2D eigenvalue weighted by Crippen LogP contribution is 2.49. The van der Waals surface area contributed by atoms with Gasteiger partial charge < -0.3 is 20.5 Å². The molecule has 3 N–H and O–H groups in total. The molecule has 5 heteroatoms. The Hall–Kier alpha value is -1.95. The summed E-state index contributed by atoms with van der Waals surface area (Å²) in [5.41, 5.74) is 2.26. The molecule has 1 spiro atoms. The third-order valence-electron chi connectivity index (χ3n) is 5.77. The molecule has 1 heterocycles. The van der Waals surface area contributed by atoms with Gasteiger partial charge in [-0.1, -0.05) is 36.4 Å². The average Bonchev–Trinajstić information content (AvgIpc) is 2.90. The zero-order valence-electron chi connectivity index (χ0n) is 14.7. The molecule has 0 unspecified atom stereocenters. The molecule has 0 bridgehead atoms. The summed E-state index contributed by atoms with van der Waals surface area (Å²) in [5.74, 6) is -0.0936. The Balaban J connectivity index is 1.44. The van der Waals surface area contributed by atoms with Crippen molar-refractivity contribution in [2.45, 2.75) is 30.4 Å². The van der Waals surface area contributed by atoms with Gasteiger partial charge in [0.1, 0.15) is 6.61 Å². The Labute approximate surface area is 153 Å². The number of ether oxygens (including phenoxy) is 1. The van der Waals surface area contributed by atoms with Crippen LogP contribution < -0.4 is 15.4 Å². The molecule has 1 aliphatic heterocycles. The van der Waals surface area contributed by atoms with Crippen LogP contribution in [0.2, 0.25) is 0 Å². The Kier molecular flexibility index (Phi) is 4.94. The van der Waals surface area contributed by atoms with Crippen LogP contribution >= 0.6 is 0 Å². The van der Waals surface area contributed by atoms with E-state index in [1.165, 1.54) is 17.2 Å². The van der Waals surface area contributed by atoms with E-state index in [-0.39, 0.29) is 23.0 Å². The molecule has 2 aliphatic rings. The van der Waals surface area contributed by atoms with Crippen molar-refractivity contribution in [3.8, 4) is 5.75 Å². The van der Waals surface area contributed by atoms with E-state index in [0.29, 0.717) is 13.2 Å². The minimum absolute atomic E-state index is 0.117. The molecule has 138 valence electrons. The predicted molar refractivity (Wildman–Crippen MR) is 98.9 cm³/mol. The molecule has 0 saturated carbocycles. The Morgan fingerprint density at radius 3 is 2.65 bits per heavy atom. The minimum Gasteiger partial charge on any atom is -0.489 e. The van der Waals surface area contributed by atoms with Gasteiger partial charge in [-0.05, 0) is 49.2 Å². The molecule has 0 aromatic heterocycles. The van der Waals surface area contributed by atoms with Crippen molar-refractivity contribution >= 4 is 0 Å². The highest BCUT2D eigenvalue weighted by Gasteiger charge is 2.51. The zero-order valence-corrected chi connectivity index (χ0v) is 14.7. The predicted octanol–water partition coefficient (Wildman–Crippen LogP) is 2.53. The van der Waals surface area contributed by atoms with Crippen LogP contribution in [0.3, 0.4) is 0 Å². The number of aliphatic hydroxyl groups excluding tert-OH is 1. The Morgan fingerprint density at radius 2 is 1.85 bits per heavy atom. The number of piperidine rings is 1. The molecule has 0 radical (unpaired) electrons. The summed E-state index contributed by atoms with van der Waals surface area (Å²) >= 11 is 0. The van der Waals surface area contributed by atoms with E-state index in [1.807, 2.05) is 6.07 Å². The first-order valence-electron chi connectivity index (χ1n) is 9.31. The summed E-state index contributed by atoms with van der Waals surface area (Å²) in [4.78, 5) is 0. The van der Waals surface area contributed by atoms with E-state index in [4.69, 9.17) is 4.74 Å². The van der Waals surface area contributed by atoms with Crippen LogP contribution in [-0.2, 0) is 5.41 Å². The van der Waals surface area contributed by atoms with Crippen molar-refractivity contribution in [2.75, 3.05) is 26.2 Å². The normalized spacial score (nSPS) is 23.8. The molecule has 2 atom stereocenters. The third-order valence-corrected chi connectivity index (χ3v) is 5.77. The van der Waals surface area contributed by atoms with E-state index < -0.39 is 6.10 Å². The maximum absolute atomic E-state index is 13.6. The zero-order chi connectivity index (χ0) is 18.0. The quantitative estimate of drug-likeness (QED) is 0.721. The fourth-order valence-electron chi connectivity index (χ4n) is 4.47. The molecule has 1 fully saturated rings. The van der Waals surface area contributed by atoms with Crippen molar-refractivity contribution in [3.63, 3.8) is 0 Å². The molecule has 4 rings (SSSR count). The molecular weight excluding hydrogens is 331 g/mol. The standard InChI is InChI=1S/C21H25FN2O2/c22-17-7-3-4-8-18(17)26-14-13-24-19-15-5-1-2-6-16(15)21(20(19)25)9-11-23-12-10-21/h1-8,19-20,23-25H,9-14H2/t19-,20+/m1/s1. The number of aliphatic hydroxyl groups is 1. The maximum Gasteiger partial charge on any atom is 0.165 e. The smallest absolute Gasteiger partial charge is 0.165 e. The van der Waals surface area contributed by atoms with Gasteiger partial charge in [-0.2, -0.15) is 0 Å². The SMILES string of the molecule is O[C@H]1[C@H](NCCOc2ccccc2F)c2ccccc2C12CCNCC2. The average molecular weight is 356 g/mol. The van der Waals surface area contributed by atoms with Gasteiger partial charge in [0.2, 0.25) is 0 Å². The van der Waals surface area contributed by atoms with E-state index in [2.05, 4.69) is 28.8 Å². The summed E-state index contributed by atoms with van der Waals surface area (Å²) in [7, 11) is 0. The van der Waals surface area contributed by atoms with Gasteiger partial charge in [-0.3, -0.25) is 0 Å². The van der Waals surface area contributed by atoms with Crippen LogP contribution in [0.4, 0.5) is 4.39 Å². The van der Waals surface area contributed by atoms with E-state index in [1.54, 1.807) is 18.2 Å². The van der Waals surface area contributed by atoms with E-state index in [0.717, 1.165) is 25.9 Å². The molecule has 1 saturated heterocycles. The fraction of sp³-hybridized carbons (Fsp3) is 0.429. The van der Waals surface area contributed by atoms with Crippen molar-refractivity contribution in [2.24, 2.45) is 0 Å². The lowest BCUT2D eigenvalue weighted by atomic mass is 9.72. The van der Waals surface area contributed by atoms with Crippen LogP contribution in [-0.4, -0.2) is 37.5 Å². The maximum atomic E-state index is 13.6. The lowest BCUT2D eigenvalue weighted by Gasteiger charge is -2.39. The van der Waals surface area contributed by atoms with Gasteiger partial charge in [0, 0.05) is 12.0 Å². The second-order valence-corrected chi connectivity index (χ2v) is 7.15. The van der Waals surface area contributed by atoms with Gasteiger partial charge in [0.25, 0.3) is 0 Å². The molecule has 26 heavy (non-hydrogen) atoms. The van der Waals surface area contributed by atoms with Crippen LogP contribution in [0, 0.1) is 5.82 Å². The number of para-hydroxylation sites is 1. The highest BCUT2D eigenvalue weighted by molar-refractivity contribution is 5.45. The number of halogens is 1. The number of hydrogen-bond acceptors (Lipinski definition) is 4.